The second-order valence-corrected chi connectivity index (χ2v) is 5.20. The topological polar surface area (TPSA) is 55.6 Å². The highest BCUT2D eigenvalue weighted by atomic mass is 35.5. The summed E-state index contributed by atoms with van der Waals surface area (Å²) in [6.07, 6.45) is 0.333. The number of carbonyl (C=O) groups excluding carboxylic acids is 1. The normalized spacial score (nSPS) is 18.6. The van der Waals surface area contributed by atoms with Gasteiger partial charge in [0.05, 0.1) is 12.5 Å². The quantitative estimate of drug-likeness (QED) is 0.816. The summed E-state index contributed by atoms with van der Waals surface area (Å²) in [5.41, 5.74) is 1.57. The van der Waals surface area contributed by atoms with Crippen LogP contribution in [0.4, 0.5) is 5.88 Å². The van der Waals surface area contributed by atoms with Crippen molar-refractivity contribution in [3.63, 3.8) is 0 Å². The van der Waals surface area contributed by atoms with E-state index in [1.54, 1.807) is 13.2 Å². The molecule has 1 atom stereocenters. The van der Waals surface area contributed by atoms with Crippen LogP contribution in [0, 0.1) is 0 Å². The molecule has 3 rings (SSSR count). The van der Waals surface area contributed by atoms with Gasteiger partial charge in [-0.2, -0.15) is 0 Å². The molecule has 5 nitrogen and oxygen atoms in total. The first kappa shape index (κ1) is 13.0. The molecule has 1 amide bonds. The Morgan fingerprint density at radius 1 is 1.40 bits per heavy atom. The van der Waals surface area contributed by atoms with Gasteiger partial charge in [0.25, 0.3) is 0 Å². The molecule has 0 spiro atoms. The first-order valence-electron chi connectivity index (χ1n) is 6.23. The number of alkyl halides is 1. The molecule has 6 heteroatoms. The lowest BCUT2D eigenvalue weighted by molar-refractivity contribution is -0.117. The molecule has 1 aliphatic heterocycles. The predicted molar refractivity (Wildman–Crippen MR) is 75.1 cm³/mol. The summed E-state index contributed by atoms with van der Waals surface area (Å²) < 4.78 is 10.3. The zero-order valence-electron chi connectivity index (χ0n) is 10.9. The van der Waals surface area contributed by atoms with Gasteiger partial charge < -0.3 is 9.26 Å². The number of amides is 1. The zero-order chi connectivity index (χ0) is 14.1. The Labute approximate surface area is 121 Å². The molecule has 0 bridgehead atoms. The van der Waals surface area contributed by atoms with Crippen molar-refractivity contribution in [2.75, 3.05) is 18.6 Å². The van der Waals surface area contributed by atoms with Crippen LogP contribution in [0.3, 0.4) is 0 Å². The van der Waals surface area contributed by atoms with E-state index in [4.69, 9.17) is 20.9 Å². The highest BCUT2D eigenvalue weighted by molar-refractivity contribution is 6.24. The summed E-state index contributed by atoms with van der Waals surface area (Å²) in [5.74, 6) is 1.17. The number of nitrogens with zero attached hydrogens (tertiary/aromatic N) is 2. The van der Waals surface area contributed by atoms with E-state index in [-0.39, 0.29) is 11.3 Å². The summed E-state index contributed by atoms with van der Waals surface area (Å²) in [5, 5.41) is 3.82. The van der Waals surface area contributed by atoms with Crippen LogP contribution < -0.4 is 9.64 Å². The van der Waals surface area contributed by atoms with Crippen LogP contribution in [0.15, 0.2) is 34.9 Å². The van der Waals surface area contributed by atoms with E-state index in [0.29, 0.717) is 24.5 Å². The molecule has 1 saturated heterocycles. The maximum atomic E-state index is 11.8. The van der Waals surface area contributed by atoms with E-state index in [9.17, 15) is 4.79 Å². The van der Waals surface area contributed by atoms with E-state index >= 15 is 0 Å². The molecule has 104 valence electrons. The van der Waals surface area contributed by atoms with Gasteiger partial charge in [0.15, 0.2) is 0 Å². The molecule has 1 fully saturated rings. The maximum Gasteiger partial charge on any atom is 0.234 e. The smallest absolute Gasteiger partial charge is 0.234 e. The highest BCUT2D eigenvalue weighted by Crippen LogP contribution is 2.29. The monoisotopic (exact) mass is 292 g/mol. The molecule has 0 radical (unpaired) electrons. The first-order valence-corrected chi connectivity index (χ1v) is 6.66. The van der Waals surface area contributed by atoms with Crippen molar-refractivity contribution < 1.29 is 14.1 Å². The van der Waals surface area contributed by atoms with Crippen LogP contribution in [-0.2, 0) is 4.79 Å². The van der Waals surface area contributed by atoms with Crippen molar-refractivity contribution >= 4 is 23.4 Å². The van der Waals surface area contributed by atoms with Gasteiger partial charge in [0.1, 0.15) is 11.4 Å². The summed E-state index contributed by atoms with van der Waals surface area (Å²) in [4.78, 5) is 13.3. The molecule has 0 N–H and O–H groups in total. The molecule has 1 unspecified atom stereocenters. The van der Waals surface area contributed by atoms with Crippen LogP contribution in [0.5, 0.6) is 5.75 Å². The minimum atomic E-state index is -0.169. The van der Waals surface area contributed by atoms with Crippen LogP contribution in [-0.4, -0.2) is 30.1 Å². The van der Waals surface area contributed by atoms with Crippen LogP contribution in [0.2, 0.25) is 0 Å². The van der Waals surface area contributed by atoms with Gasteiger partial charge in [-0.25, -0.2) is 0 Å². The maximum absolute atomic E-state index is 11.8. The lowest BCUT2D eigenvalue weighted by Crippen LogP contribution is -2.23. The van der Waals surface area contributed by atoms with Gasteiger partial charge in [-0.1, -0.05) is 5.16 Å². The Morgan fingerprint density at radius 3 is 2.75 bits per heavy atom. The SMILES string of the molecule is COc1ccc(-c2cc(N3CC(Cl)CC3=O)on2)cc1. The number of aromatic nitrogens is 1. The number of methoxy groups -OCH3 is 1. The number of carbonyl (C=O) groups is 1. The van der Waals surface area contributed by atoms with Crippen molar-refractivity contribution in [3.05, 3.63) is 30.3 Å². The molecular weight excluding hydrogens is 280 g/mol. The molecule has 0 aliphatic carbocycles. The average Bonchev–Trinajstić information content (AvgIpc) is 3.05. The summed E-state index contributed by atoms with van der Waals surface area (Å²) in [6.45, 7) is 0.456. The number of ether oxygens (including phenoxy) is 1. The summed E-state index contributed by atoms with van der Waals surface area (Å²) in [6, 6.07) is 9.21. The molecule has 2 aromatic rings. The van der Waals surface area contributed by atoms with Crippen LogP contribution in [0.1, 0.15) is 6.42 Å². The zero-order valence-corrected chi connectivity index (χ0v) is 11.6. The fraction of sp³-hybridized carbons (Fsp3) is 0.286. The Hall–Kier alpha value is -2.01. The van der Waals surface area contributed by atoms with E-state index in [1.165, 1.54) is 4.90 Å². The number of hydrogen-bond donors (Lipinski definition) is 0. The molecule has 1 aromatic carbocycles. The van der Waals surface area contributed by atoms with Crippen LogP contribution >= 0.6 is 11.6 Å². The Bertz CT molecular complexity index is 624. The van der Waals surface area contributed by atoms with E-state index in [1.807, 2.05) is 24.3 Å². The number of anilines is 1. The van der Waals surface area contributed by atoms with Gasteiger partial charge in [0.2, 0.25) is 11.8 Å². The molecular formula is C14H13ClN2O3. The van der Waals surface area contributed by atoms with Crippen molar-refractivity contribution in [1.29, 1.82) is 0 Å². The number of rotatable bonds is 3. The first-order chi connectivity index (χ1) is 9.67. The van der Waals surface area contributed by atoms with Crippen molar-refractivity contribution in [2.45, 2.75) is 11.8 Å². The molecule has 0 saturated carbocycles. The third-order valence-electron chi connectivity index (χ3n) is 3.23. The highest BCUT2D eigenvalue weighted by Gasteiger charge is 2.31. The standard InChI is InChI=1S/C14H13ClN2O3/c1-19-11-4-2-9(3-5-11)12-7-14(20-16-12)17-8-10(15)6-13(17)18/h2-5,7,10H,6,8H2,1H3. The van der Waals surface area contributed by atoms with Crippen molar-refractivity contribution in [2.24, 2.45) is 0 Å². The van der Waals surface area contributed by atoms with Crippen molar-refractivity contribution in [1.82, 2.24) is 5.16 Å². The van der Waals surface area contributed by atoms with Gasteiger partial charge in [-0.3, -0.25) is 9.69 Å². The van der Waals surface area contributed by atoms with E-state index < -0.39 is 0 Å². The second kappa shape index (κ2) is 5.17. The lowest BCUT2D eigenvalue weighted by Gasteiger charge is -2.09. The summed E-state index contributed by atoms with van der Waals surface area (Å²) >= 11 is 5.97. The minimum absolute atomic E-state index is 0.0394. The predicted octanol–water partition coefficient (Wildman–Crippen LogP) is 2.69. The van der Waals surface area contributed by atoms with Gasteiger partial charge in [-0.15, -0.1) is 11.6 Å². The lowest BCUT2D eigenvalue weighted by atomic mass is 10.1. The fourth-order valence-corrected chi connectivity index (χ4v) is 2.44. The molecule has 2 heterocycles. The van der Waals surface area contributed by atoms with Crippen molar-refractivity contribution in [3.8, 4) is 17.0 Å². The van der Waals surface area contributed by atoms with E-state index in [0.717, 1.165) is 11.3 Å². The number of hydrogen-bond acceptors (Lipinski definition) is 4. The Balaban J connectivity index is 1.84. The Morgan fingerprint density at radius 2 is 2.15 bits per heavy atom. The average molecular weight is 293 g/mol. The number of benzene rings is 1. The van der Waals surface area contributed by atoms with Gasteiger partial charge >= 0.3 is 0 Å². The van der Waals surface area contributed by atoms with E-state index in [2.05, 4.69) is 5.16 Å². The molecule has 1 aromatic heterocycles. The largest absolute Gasteiger partial charge is 0.497 e. The summed E-state index contributed by atoms with van der Waals surface area (Å²) in [7, 11) is 1.62. The second-order valence-electron chi connectivity index (χ2n) is 4.58. The van der Waals surface area contributed by atoms with Gasteiger partial charge in [0, 0.05) is 24.6 Å². The molecule has 20 heavy (non-hydrogen) atoms. The number of halogens is 1. The van der Waals surface area contributed by atoms with Gasteiger partial charge in [-0.05, 0) is 24.3 Å². The third kappa shape index (κ3) is 2.36. The van der Waals surface area contributed by atoms with Crippen LogP contribution in [0.25, 0.3) is 11.3 Å². The minimum Gasteiger partial charge on any atom is -0.497 e. The Kier molecular flexibility index (Phi) is 3.36. The third-order valence-corrected chi connectivity index (χ3v) is 3.52. The molecule has 1 aliphatic rings. The fourth-order valence-electron chi connectivity index (χ4n) is 2.17.